The number of rotatable bonds is 4. The lowest BCUT2D eigenvalue weighted by Crippen LogP contribution is -2.44. The second-order valence-electron chi connectivity index (χ2n) is 7.29. The van der Waals surface area contributed by atoms with Gasteiger partial charge in [0.05, 0.1) is 36.3 Å². The van der Waals surface area contributed by atoms with Crippen molar-refractivity contribution in [1.82, 2.24) is 34.3 Å². The van der Waals surface area contributed by atoms with E-state index in [2.05, 4.69) is 44.5 Å². The quantitative estimate of drug-likeness (QED) is 0.574. The fourth-order valence-corrected chi connectivity index (χ4v) is 4.01. The molecule has 29 heavy (non-hydrogen) atoms. The fraction of sp³-hybridized carbons (Fsp3) is 0.400. The van der Waals surface area contributed by atoms with Crippen molar-refractivity contribution in [3.05, 3.63) is 36.4 Å². The molecule has 1 atom stereocenters. The zero-order chi connectivity index (χ0) is 20.0. The summed E-state index contributed by atoms with van der Waals surface area (Å²) in [6.07, 6.45) is 3.55. The van der Waals surface area contributed by atoms with Crippen molar-refractivity contribution < 1.29 is 4.74 Å². The van der Waals surface area contributed by atoms with Gasteiger partial charge in [-0.2, -0.15) is 10.2 Å². The van der Waals surface area contributed by atoms with Gasteiger partial charge >= 0.3 is 0 Å². The van der Waals surface area contributed by atoms with Gasteiger partial charge in [0.1, 0.15) is 17.3 Å². The van der Waals surface area contributed by atoms with Crippen LogP contribution >= 0.6 is 0 Å². The molecule has 0 spiro atoms. The SMILES string of the molecule is CCn1nccc1-c1cc(N2CCOCC2C)n2c(C)nc(-c3ccn[nH]3)c2n1. The molecule has 5 heterocycles. The lowest BCUT2D eigenvalue weighted by molar-refractivity contribution is 0.0984. The monoisotopic (exact) mass is 392 g/mol. The van der Waals surface area contributed by atoms with E-state index in [1.54, 1.807) is 6.20 Å². The summed E-state index contributed by atoms with van der Waals surface area (Å²) in [7, 11) is 0. The molecule has 1 fully saturated rings. The van der Waals surface area contributed by atoms with Crippen LogP contribution in [0.5, 0.6) is 0 Å². The first-order valence-corrected chi connectivity index (χ1v) is 9.93. The number of aromatic amines is 1. The molecular formula is C20H24N8O. The molecular weight excluding hydrogens is 368 g/mol. The van der Waals surface area contributed by atoms with Crippen molar-refractivity contribution in [3.63, 3.8) is 0 Å². The van der Waals surface area contributed by atoms with Crippen molar-refractivity contribution >= 4 is 11.5 Å². The summed E-state index contributed by atoms with van der Waals surface area (Å²) < 4.78 is 9.77. The van der Waals surface area contributed by atoms with E-state index in [0.29, 0.717) is 13.2 Å². The zero-order valence-corrected chi connectivity index (χ0v) is 16.8. The Morgan fingerprint density at radius 3 is 2.90 bits per heavy atom. The topological polar surface area (TPSA) is 89.2 Å². The molecule has 150 valence electrons. The highest BCUT2D eigenvalue weighted by atomic mass is 16.5. The van der Waals surface area contributed by atoms with E-state index < -0.39 is 0 Å². The van der Waals surface area contributed by atoms with Gasteiger partial charge in [0, 0.05) is 31.5 Å². The highest BCUT2D eigenvalue weighted by molar-refractivity contribution is 5.77. The minimum Gasteiger partial charge on any atom is -0.377 e. The number of morpholine rings is 1. The van der Waals surface area contributed by atoms with Crippen molar-refractivity contribution in [2.75, 3.05) is 24.7 Å². The predicted molar refractivity (Wildman–Crippen MR) is 110 cm³/mol. The summed E-state index contributed by atoms with van der Waals surface area (Å²) in [6.45, 7) is 9.29. The van der Waals surface area contributed by atoms with Crippen LogP contribution in [0.3, 0.4) is 0 Å². The third kappa shape index (κ3) is 2.89. The molecule has 5 rings (SSSR count). The summed E-state index contributed by atoms with van der Waals surface area (Å²) in [4.78, 5) is 12.2. The first-order chi connectivity index (χ1) is 14.2. The number of aryl methyl sites for hydroxylation is 2. The van der Waals surface area contributed by atoms with Gasteiger partial charge in [-0.05, 0) is 32.9 Å². The van der Waals surface area contributed by atoms with Gasteiger partial charge in [0.15, 0.2) is 5.65 Å². The third-order valence-electron chi connectivity index (χ3n) is 5.44. The summed E-state index contributed by atoms with van der Waals surface area (Å²) in [5.41, 5.74) is 4.33. The molecule has 9 nitrogen and oxygen atoms in total. The number of imidazole rings is 1. The molecule has 1 aliphatic rings. The van der Waals surface area contributed by atoms with E-state index >= 15 is 0 Å². The minimum atomic E-state index is 0.260. The van der Waals surface area contributed by atoms with Gasteiger partial charge in [-0.1, -0.05) is 0 Å². The molecule has 4 aromatic rings. The number of H-pyrrole nitrogens is 1. The standard InChI is InChI=1S/C20H24N8O/c1-4-27-17(6-8-22-27)16-11-18(26-9-10-29-12-13(26)2)28-14(3)23-19(20(28)24-16)15-5-7-21-25-15/h5-8,11,13H,4,9-10,12H2,1-3H3,(H,21,25). The molecule has 0 radical (unpaired) electrons. The lowest BCUT2D eigenvalue weighted by Gasteiger charge is -2.35. The molecule has 0 aromatic carbocycles. The number of ether oxygens (including phenoxy) is 1. The second kappa shape index (κ2) is 7.00. The van der Waals surface area contributed by atoms with E-state index in [4.69, 9.17) is 14.7 Å². The highest BCUT2D eigenvalue weighted by Crippen LogP contribution is 2.32. The molecule has 0 aliphatic carbocycles. The first-order valence-electron chi connectivity index (χ1n) is 9.93. The maximum absolute atomic E-state index is 5.67. The Labute approximate surface area is 168 Å². The van der Waals surface area contributed by atoms with Crippen molar-refractivity contribution in [1.29, 1.82) is 0 Å². The van der Waals surface area contributed by atoms with Crippen LogP contribution in [-0.4, -0.2) is 60.1 Å². The number of fused-ring (bicyclic) bond motifs is 1. The summed E-state index contributed by atoms with van der Waals surface area (Å²) >= 11 is 0. The maximum Gasteiger partial charge on any atom is 0.168 e. The summed E-state index contributed by atoms with van der Waals surface area (Å²) in [5, 5.41) is 11.6. The Bertz CT molecular complexity index is 1140. The molecule has 1 saturated heterocycles. The van der Waals surface area contributed by atoms with Crippen LogP contribution in [0, 0.1) is 6.92 Å². The molecule has 1 N–H and O–H groups in total. The van der Waals surface area contributed by atoms with Gasteiger partial charge < -0.3 is 9.64 Å². The molecule has 0 saturated carbocycles. The van der Waals surface area contributed by atoms with Gasteiger partial charge in [-0.3, -0.25) is 14.2 Å². The van der Waals surface area contributed by atoms with Crippen LogP contribution in [0.25, 0.3) is 28.4 Å². The number of aromatic nitrogens is 7. The summed E-state index contributed by atoms with van der Waals surface area (Å²) in [6, 6.07) is 6.33. The summed E-state index contributed by atoms with van der Waals surface area (Å²) in [5.74, 6) is 1.96. The van der Waals surface area contributed by atoms with E-state index in [0.717, 1.165) is 53.2 Å². The molecule has 0 bridgehead atoms. The normalized spacial score (nSPS) is 17.3. The average Bonchev–Trinajstić information content (AvgIpc) is 3.48. The van der Waals surface area contributed by atoms with Crippen molar-refractivity contribution in [2.45, 2.75) is 33.4 Å². The Hall–Kier alpha value is -3.20. The highest BCUT2D eigenvalue weighted by Gasteiger charge is 2.26. The Balaban J connectivity index is 1.80. The van der Waals surface area contributed by atoms with Crippen LogP contribution in [0.1, 0.15) is 19.7 Å². The zero-order valence-electron chi connectivity index (χ0n) is 16.8. The van der Waals surface area contributed by atoms with Crippen molar-refractivity contribution in [2.24, 2.45) is 0 Å². The van der Waals surface area contributed by atoms with Crippen molar-refractivity contribution in [3.8, 4) is 22.8 Å². The minimum absolute atomic E-state index is 0.260. The Morgan fingerprint density at radius 1 is 1.24 bits per heavy atom. The molecule has 1 aliphatic heterocycles. The van der Waals surface area contributed by atoms with Crippen LogP contribution < -0.4 is 4.90 Å². The molecule has 4 aromatic heterocycles. The van der Waals surface area contributed by atoms with E-state index in [9.17, 15) is 0 Å². The van der Waals surface area contributed by atoms with Gasteiger partial charge in [0.25, 0.3) is 0 Å². The Morgan fingerprint density at radius 2 is 2.14 bits per heavy atom. The largest absolute Gasteiger partial charge is 0.377 e. The number of hydrogen-bond acceptors (Lipinski definition) is 6. The smallest absolute Gasteiger partial charge is 0.168 e. The van der Waals surface area contributed by atoms with Gasteiger partial charge in [0.2, 0.25) is 0 Å². The van der Waals surface area contributed by atoms with Crippen LogP contribution in [0.2, 0.25) is 0 Å². The van der Waals surface area contributed by atoms with E-state index in [1.165, 1.54) is 0 Å². The van der Waals surface area contributed by atoms with E-state index in [1.807, 2.05) is 29.9 Å². The Kier molecular flexibility index (Phi) is 4.31. The second-order valence-corrected chi connectivity index (χ2v) is 7.29. The predicted octanol–water partition coefficient (Wildman–Crippen LogP) is 2.54. The molecule has 0 amide bonds. The lowest BCUT2D eigenvalue weighted by atomic mass is 10.2. The number of anilines is 1. The molecule has 1 unspecified atom stereocenters. The van der Waals surface area contributed by atoms with Gasteiger partial charge in [-0.25, -0.2) is 9.97 Å². The molecule has 9 heteroatoms. The fourth-order valence-electron chi connectivity index (χ4n) is 4.01. The van der Waals surface area contributed by atoms with Gasteiger partial charge in [-0.15, -0.1) is 0 Å². The average molecular weight is 392 g/mol. The third-order valence-corrected chi connectivity index (χ3v) is 5.44. The van der Waals surface area contributed by atoms with Crippen LogP contribution in [-0.2, 0) is 11.3 Å². The maximum atomic E-state index is 5.67. The van der Waals surface area contributed by atoms with Crippen LogP contribution in [0.4, 0.5) is 5.82 Å². The first kappa shape index (κ1) is 17.9. The number of nitrogens with one attached hydrogen (secondary N) is 1. The number of nitrogens with zero attached hydrogens (tertiary/aromatic N) is 7. The number of hydrogen-bond donors (Lipinski definition) is 1. The van der Waals surface area contributed by atoms with Crippen LogP contribution in [0.15, 0.2) is 30.6 Å². The van der Waals surface area contributed by atoms with E-state index in [-0.39, 0.29) is 6.04 Å².